The van der Waals surface area contributed by atoms with Gasteiger partial charge in [-0.05, 0) is 44.0 Å². The molecule has 0 aliphatic rings. The highest BCUT2D eigenvalue weighted by Gasteiger charge is 2.07. The van der Waals surface area contributed by atoms with Crippen LogP contribution in [0.1, 0.15) is 35.7 Å². The Bertz CT molecular complexity index is 358. The third-order valence-electron chi connectivity index (χ3n) is 2.36. The van der Waals surface area contributed by atoms with Crippen LogP contribution in [0.3, 0.4) is 0 Å². The molecule has 0 radical (unpaired) electrons. The van der Waals surface area contributed by atoms with Crippen LogP contribution in [0.5, 0.6) is 5.75 Å². The van der Waals surface area contributed by atoms with Crippen molar-refractivity contribution in [3.63, 3.8) is 0 Å². The van der Waals surface area contributed by atoms with Crippen LogP contribution in [0.4, 0.5) is 0 Å². The van der Waals surface area contributed by atoms with Gasteiger partial charge in [0.15, 0.2) is 5.78 Å². The first-order valence-electron chi connectivity index (χ1n) is 5.56. The third-order valence-corrected chi connectivity index (χ3v) is 2.36. The lowest BCUT2D eigenvalue weighted by Gasteiger charge is -2.08. The summed E-state index contributed by atoms with van der Waals surface area (Å²) in [6.45, 7) is 4.54. The maximum atomic E-state index is 11.7. The molecule has 0 heterocycles. The Morgan fingerprint density at radius 3 is 2.75 bits per heavy atom. The molecular weight excluding hydrogens is 204 g/mol. The molecule has 0 bridgehead atoms. The zero-order valence-corrected chi connectivity index (χ0v) is 9.82. The van der Waals surface area contributed by atoms with Crippen LogP contribution in [0.25, 0.3) is 0 Å². The van der Waals surface area contributed by atoms with E-state index in [-0.39, 0.29) is 12.4 Å². The summed E-state index contributed by atoms with van der Waals surface area (Å²) in [6.07, 6.45) is 0.912. The lowest BCUT2D eigenvalue weighted by molar-refractivity contribution is 0.0971. The van der Waals surface area contributed by atoms with E-state index in [9.17, 15) is 4.79 Å². The van der Waals surface area contributed by atoms with E-state index in [2.05, 4.69) is 0 Å². The summed E-state index contributed by atoms with van der Waals surface area (Å²) in [7, 11) is 0. The minimum atomic E-state index is 0.0573. The number of ether oxygens (including phenoxy) is 1. The first-order valence-corrected chi connectivity index (χ1v) is 5.56. The maximum absolute atomic E-state index is 11.7. The second-order valence-corrected chi connectivity index (χ2v) is 3.66. The number of hydrogen-bond donors (Lipinski definition) is 1. The highest BCUT2D eigenvalue weighted by atomic mass is 16.5. The van der Waals surface area contributed by atoms with Gasteiger partial charge in [0.25, 0.3) is 0 Å². The zero-order chi connectivity index (χ0) is 12.0. The molecule has 1 aromatic carbocycles. The van der Waals surface area contributed by atoms with Crippen LogP contribution in [0.15, 0.2) is 18.2 Å². The van der Waals surface area contributed by atoms with E-state index >= 15 is 0 Å². The van der Waals surface area contributed by atoms with Gasteiger partial charge in [-0.2, -0.15) is 0 Å². The summed E-state index contributed by atoms with van der Waals surface area (Å²) < 4.78 is 5.40. The number of carbonyl (C=O) groups is 1. The Hall–Kier alpha value is -1.35. The molecule has 0 aliphatic carbocycles. The molecule has 1 rings (SSSR count). The Balaban J connectivity index is 2.76. The molecule has 0 saturated heterocycles. The number of benzene rings is 1. The van der Waals surface area contributed by atoms with E-state index in [0.717, 1.165) is 11.3 Å². The van der Waals surface area contributed by atoms with Crippen molar-refractivity contribution in [1.29, 1.82) is 0 Å². The van der Waals surface area contributed by atoms with Gasteiger partial charge in [-0.3, -0.25) is 4.79 Å². The zero-order valence-electron chi connectivity index (χ0n) is 9.82. The molecule has 3 heteroatoms. The average molecular weight is 222 g/mol. The predicted molar refractivity (Wildman–Crippen MR) is 63.0 cm³/mol. The molecule has 1 aromatic rings. The minimum Gasteiger partial charge on any atom is -0.494 e. The second-order valence-electron chi connectivity index (χ2n) is 3.66. The summed E-state index contributed by atoms with van der Waals surface area (Å²) in [5.41, 5.74) is 1.66. The summed E-state index contributed by atoms with van der Waals surface area (Å²) >= 11 is 0. The fourth-order valence-electron chi connectivity index (χ4n) is 1.52. The van der Waals surface area contributed by atoms with Gasteiger partial charge in [-0.1, -0.05) is 0 Å². The summed E-state index contributed by atoms with van der Waals surface area (Å²) in [5.74, 6) is 0.890. The average Bonchev–Trinajstić information content (AvgIpc) is 2.29. The van der Waals surface area contributed by atoms with Gasteiger partial charge in [0.1, 0.15) is 5.75 Å². The SMILES string of the molecule is CCOc1ccc(C(=O)CCCO)cc1C. The smallest absolute Gasteiger partial charge is 0.162 e. The van der Waals surface area contributed by atoms with Gasteiger partial charge in [0.05, 0.1) is 6.61 Å². The predicted octanol–water partition coefficient (Wildman–Crippen LogP) is 2.35. The van der Waals surface area contributed by atoms with Gasteiger partial charge in [-0.25, -0.2) is 0 Å². The summed E-state index contributed by atoms with van der Waals surface area (Å²) in [6, 6.07) is 5.44. The molecule has 0 aliphatic heterocycles. The van der Waals surface area contributed by atoms with E-state index < -0.39 is 0 Å². The molecule has 88 valence electrons. The maximum Gasteiger partial charge on any atom is 0.162 e. The number of rotatable bonds is 6. The highest BCUT2D eigenvalue weighted by molar-refractivity contribution is 5.96. The van der Waals surface area contributed by atoms with E-state index in [1.54, 1.807) is 6.07 Å². The second kappa shape index (κ2) is 6.28. The Morgan fingerprint density at radius 2 is 2.19 bits per heavy atom. The number of hydrogen-bond acceptors (Lipinski definition) is 3. The van der Waals surface area contributed by atoms with Crippen LogP contribution < -0.4 is 4.74 Å². The van der Waals surface area contributed by atoms with E-state index in [1.807, 2.05) is 26.0 Å². The van der Waals surface area contributed by atoms with Crippen LogP contribution in [0, 0.1) is 6.92 Å². The Kier molecular flexibility index (Phi) is 4.99. The van der Waals surface area contributed by atoms with Crippen LogP contribution in [0.2, 0.25) is 0 Å². The van der Waals surface area contributed by atoms with Crippen molar-refractivity contribution in [1.82, 2.24) is 0 Å². The molecule has 16 heavy (non-hydrogen) atoms. The monoisotopic (exact) mass is 222 g/mol. The molecule has 0 fully saturated rings. The topological polar surface area (TPSA) is 46.5 Å². The molecule has 0 amide bonds. The fourth-order valence-corrected chi connectivity index (χ4v) is 1.52. The van der Waals surface area contributed by atoms with Crippen LogP contribution in [-0.4, -0.2) is 24.1 Å². The molecule has 0 spiro atoms. The van der Waals surface area contributed by atoms with Crippen molar-refractivity contribution < 1.29 is 14.6 Å². The first kappa shape index (κ1) is 12.7. The van der Waals surface area contributed by atoms with Crippen molar-refractivity contribution in [2.24, 2.45) is 0 Å². The number of aryl methyl sites for hydroxylation is 1. The van der Waals surface area contributed by atoms with Gasteiger partial charge in [0.2, 0.25) is 0 Å². The fraction of sp³-hybridized carbons (Fsp3) is 0.462. The van der Waals surface area contributed by atoms with Crippen molar-refractivity contribution in [3.05, 3.63) is 29.3 Å². The number of aliphatic hydroxyl groups is 1. The summed E-state index contributed by atoms with van der Waals surface area (Å²) in [4.78, 5) is 11.7. The number of aliphatic hydroxyl groups excluding tert-OH is 1. The van der Waals surface area contributed by atoms with Crippen molar-refractivity contribution >= 4 is 5.78 Å². The van der Waals surface area contributed by atoms with Crippen molar-refractivity contribution in [3.8, 4) is 5.75 Å². The number of carbonyl (C=O) groups excluding carboxylic acids is 1. The molecule has 0 unspecified atom stereocenters. The lowest BCUT2D eigenvalue weighted by Crippen LogP contribution is -2.02. The van der Waals surface area contributed by atoms with Gasteiger partial charge in [-0.15, -0.1) is 0 Å². The highest BCUT2D eigenvalue weighted by Crippen LogP contribution is 2.20. The molecule has 0 aromatic heterocycles. The normalized spacial score (nSPS) is 10.2. The minimum absolute atomic E-state index is 0.0573. The number of Topliss-reactive ketones (excluding diaryl/α,β-unsaturated/α-hetero) is 1. The molecule has 0 atom stereocenters. The van der Waals surface area contributed by atoms with Crippen LogP contribution in [-0.2, 0) is 0 Å². The lowest BCUT2D eigenvalue weighted by atomic mass is 10.0. The van der Waals surface area contributed by atoms with Crippen LogP contribution >= 0.6 is 0 Å². The van der Waals surface area contributed by atoms with E-state index in [0.29, 0.717) is 25.0 Å². The first-order chi connectivity index (χ1) is 7.69. The molecular formula is C13H18O3. The van der Waals surface area contributed by atoms with Crippen molar-refractivity contribution in [2.45, 2.75) is 26.7 Å². The Labute approximate surface area is 96.1 Å². The van der Waals surface area contributed by atoms with E-state index in [4.69, 9.17) is 9.84 Å². The van der Waals surface area contributed by atoms with E-state index in [1.165, 1.54) is 0 Å². The molecule has 0 saturated carbocycles. The Morgan fingerprint density at radius 1 is 1.44 bits per heavy atom. The third kappa shape index (κ3) is 3.35. The largest absolute Gasteiger partial charge is 0.494 e. The summed E-state index contributed by atoms with van der Waals surface area (Å²) in [5, 5.41) is 8.66. The standard InChI is InChI=1S/C13H18O3/c1-3-16-13-7-6-11(9-10(13)2)12(15)5-4-8-14/h6-7,9,14H,3-5,8H2,1-2H3. The van der Waals surface area contributed by atoms with Gasteiger partial charge < -0.3 is 9.84 Å². The molecule has 3 nitrogen and oxygen atoms in total. The number of ketones is 1. The van der Waals surface area contributed by atoms with Gasteiger partial charge >= 0.3 is 0 Å². The quantitative estimate of drug-likeness (QED) is 0.751. The van der Waals surface area contributed by atoms with Crippen molar-refractivity contribution in [2.75, 3.05) is 13.2 Å². The molecule has 1 N–H and O–H groups in total. The van der Waals surface area contributed by atoms with Gasteiger partial charge in [0, 0.05) is 18.6 Å².